The molecule has 158 valence electrons. The number of halogens is 1. The maximum absolute atomic E-state index is 12.9. The molecule has 5 nitrogen and oxygen atoms in total. The molecule has 1 N–H and O–H groups in total. The first-order valence-corrected chi connectivity index (χ1v) is 11.6. The molecule has 0 radical (unpaired) electrons. The Morgan fingerprint density at radius 3 is 2.57 bits per heavy atom. The Kier molecular flexibility index (Phi) is 6.85. The molecular formula is C24H28BrN3O2. The molecule has 2 amide bonds. The van der Waals surface area contributed by atoms with Crippen LogP contribution in [0.25, 0.3) is 0 Å². The molecular weight excluding hydrogens is 442 g/mol. The number of carbonyl (C=O) groups is 2. The first-order chi connectivity index (χ1) is 14.6. The van der Waals surface area contributed by atoms with Crippen LogP contribution < -0.4 is 5.32 Å². The molecule has 2 aromatic rings. The fourth-order valence-corrected chi connectivity index (χ4v) is 4.49. The minimum atomic E-state index is -0.101. The number of amides is 2. The second-order valence-corrected chi connectivity index (χ2v) is 9.09. The van der Waals surface area contributed by atoms with Gasteiger partial charge in [-0.25, -0.2) is 0 Å². The predicted octanol–water partition coefficient (Wildman–Crippen LogP) is 4.21. The standard InChI is InChI=1S/C24H28BrN3O2/c25-21-9-5-18(6-10-21)16-28-17-20-8-7-19(15-22(20)24(28)30)23(29)26-11-4-14-27-12-2-1-3-13-27/h5-10,15H,1-4,11-14,16-17H2,(H,26,29). The number of nitrogens with one attached hydrogen (secondary N) is 1. The van der Waals surface area contributed by atoms with Crippen LogP contribution in [0.15, 0.2) is 46.9 Å². The number of hydrogen-bond acceptors (Lipinski definition) is 3. The molecule has 0 saturated carbocycles. The van der Waals surface area contributed by atoms with Crippen molar-refractivity contribution >= 4 is 27.7 Å². The van der Waals surface area contributed by atoms with Crippen molar-refractivity contribution in [3.8, 4) is 0 Å². The zero-order chi connectivity index (χ0) is 20.9. The summed E-state index contributed by atoms with van der Waals surface area (Å²) in [6.45, 7) is 5.21. The number of likely N-dealkylation sites (tertiary alicyclic amines) is 1. The molecule has 30 heavy (non-hydrogen) atoms. The van der Waals surface area contributed by atoms with Gasteiger partial charge in [-0.3, -0.25) is 9.59 Å². The second-order valence-electron chi connectivity index (χ2n) is 8.17. The molecule has 6 heteroatoms. The number of fused-ring (bicyclic) bond motifs is 1. The van der Waals surface area contributed by atoms with Gasteiger partial charge in [0.1, 0.15) is 0 Å². The normalized spacial score (nSPS) is 16.6. The summed E-state index contributed by atoms with van der Waals surface area (Å²) in [5.74, 6) is -0.108. The zero-order valence-corrected chi connectivity index (χ0v) is 18.8. The molecule has 4 rings (SSSR count). The molecule has 0 aliphatic carbocycles. The summed E-state index contributed by atoms with van der Waals surface area (Å²) in [6.07, 6.45) is 4.87. The minimum Gasteiger partial charge on any atom is -0.352 e. The Hall–Kier alpha value is -2.18. The number of carbonyl (C=O) groups excluding carboxylic acids is 2. The maximum Gasteiger partial charge on any atom is 0.254 e. The second kappa shape index (κ2) is 9.75. The smallest absolute Gasteiger partial charge is 0.254 e. The molecule has 1 fully saturated rings. The van der Waals surface area contributed by atoms with Crippen LogP contribution in [-0.4, -0.2) is 47.8 Å². The van der Waals surface area contributed by atoms with Crippen LogP contribution in [0.1, 0.15) is 57.5 Å². The summed E-state index contributed by atoms with van der Waals surface area (Å²) in [6, 6.07) is 13.5. The van der Waals surface area contributed by atoms with E-state index in [0.717, 1.165) is 28.6 Å². The van der Waals surface area contributed by atoms with Gasteiger partial charge in [-0.1, -0.05) is 40.5 Å². The van der Waals surface area contributed by atoms with Crippen LogP contribution in [0, 0.1) is 0 Å². The Balaban J connectivity index is 1.31. The van der Waals surface area contributed by atoms with Crippen molar-refractivity contribution in [2.75, 3.05) is 26.2 Å². The molecule has 2 aliphatic heterocycles. The van der Waals surface area contributed by atoms with E-state index in [1.807, 2.05) is 41.3 Å². The van der Waals surface area contributed by atoms with Crippen molar-refractivity contribution in [2.24, 2.45) is 0 Å². The molecule has 0 atom stereocenters. The highest BCUT2D eigenvalue weighted by Crippen LogP contribution is 2.26. The van der Waals surface area contributed by atoms with Gasteiger partial charge in [-0.2, -0.15) is 0 Å². The highest BCUT2D eigenvalue weighted by molar-refractivity contribution is 9.10. The van der Waals surface area contributed by atoms with E-state index >= 15 is 0 Å². The highest BCUT2D eigenvalue weighted by atomic mass is 79.9. The Bertz CT molecular complexity index is 907. The van der Waals surface area contributed by atoms with Crippen LogP contribution in [0.3, 0.4) is 0 Å². The van der Waals surface area contributed by atoms with Crippen molar-refractivity contribution < 1.29 is 9.59 Å². The third-order valence-electron chi connectivity index (χ3n) is 5.92. The van der Waals surface area contributed by atoms with Gasteiger partial charge in [0.05, 0.1) is 0 Å². The summed E-state index contributed by atoms with van der Waals surface area (Å²) in [7, 11) is 0. The Labute approximate surface area is 186 Å². The van der Waals surface area contributed by atoms with Crippen molar-refractivity contribution in [3.63, 3.8) is 0 Å². The quantitative estimate of drug-likeness (QED) is 0.617. The number of hydrogen-bond donors (Lipinski definition) is 1. The van der Waals surface area contributed by atoms with Gasteiger partial charge in [-0.05, 0) is 74.3 Å². The summed E-state index contributed by atoms with van der Waals surface area (Å²) >= 11 is 3.44. The molecule has 0 spiro atoms. The fourth-order valence-electron chi connectivity index (χ4n) is 4.23. The number of nitrogens with zero attached hydrogens (tertiary/aromatic N) is 2. The largest absolute Gasteiger partial charge is 0.352 e. The van der Waals surface area contributed by atoms with Gasteiger partial charge in [-0.15, -0.1) is 0 Å². The van der Waals surface area contributed by atoms with Crippen molar-refractivity contribution in [2.45, 2.75) is 38.8 Å². The lowest BCUT2D eigenvalue weighted by Gasteiger charge is -2.26. The molecule has 0 unspecified atom stereocenters. The van der Waals surface area contributed by atoms with Crippen LogP contribution in [-0.2, 0) is 13.1 Å². The van der Waals surface area contributed by atoms with Gasteiger partial charge >= 0.3 is 0 Å². The average molecular weight is 470 g/mol. The Morgan fingerprint density at radius 2 is 1.80 bits per heavy atom. The minimum absolute atomic E-state index is 0.00679. The SMILES string of the molecule is O=C(NCCCN1CCCCC1)c1ccc2c(c1)C(=O)N(Cc1ccc(Br)cc1)C2. The van der Waals surface area contributed by atoms with Gasteiger partial charge < -0.3 is 15.1 Å². The van der Waals surface area contributed by atoms with Crippen LogP contribution in [0.4, 0.5) is 0 Å². The van der Waals surface area contributed by atoms with Gasteiger partial charge in [0.25, 0.3) is 11.8 Å². The Morgan fingerprint density at radius 1 is 1.03 bits per heavy atom. The van der Waals surface area contributed by atoms with E-state index in [1.54, 1.807) is 6.07 Å². The summed E-state index contributed by atoms with van der Waals surface area (Å²) < 4.78 is 1.02. The van der Waals surface area contributed by atoms with E-state index in [4.69, 9.17) is 0 Å². The third kappa shape index (κ3) is 5.10. The number of benzene rings is 2. The molecule has 2 aromatic carbocycles. The van der Waals surface area contributed by atoms with Crippen molar-refractivity contribution in [1.82, 2.24) is 15.1 Å². The summed E-state index contributed by atoms with van der Waals surface area (Å²) in [5, 5.41) is 3.01. The lowest BCUT2D eigenvalue weighted by molar-refractivity contribution is 0.0766. The van der Waals surface area contributed by atoms with Crippen molar-refractivity contribution in [1.29, 1.82) is 0 Å². The predicted molar refractivity (Wildman–Crippen MR) is 121 cm³/mol. The van der Waals surface area contributed by atoms with E-state index in [9.17, 15) is 9.59 Å². The van der Waals surface area contributed by atoms with Crippen molar-refractivity contribution in [3.05, 3.63) is 69.2 Å². The topological polar surface area (TPSA) is 52.7 Å². The van der Waals surface area contributed by atoms with E-state index in [-0.39, 0.29) is 11.8 Å². The molecule has 2 aliphatic rings. The van der Waals surface area contributed by atoms with E-state index in [0.29, 0.717) is 30.8 Å². The van der Waals surface area contributed by atoms with E-state index in [2.05, 4.69) is 26.1 Å². The average Bonchev–Trinajstić information content (AvgIpc) is 3.08. The monoisotopic (exact) mass is 469 g/mol. The number of rotatable bonds is 7. The molecule has 0 bridgehead atoms. The zero-order valence-electron chi connectivity index (χ0n) is 17.2. The van der Waals surface area contributed by atoms with E-state index in [1.165, 1.54) is 32.4 Å². The molecule has 1 saturated heterocycles. The van der Waals surface area contributed by atoms with E-state index < -0.39 is 0 Å². The van der Waals surface area contributed by atoms with Crippen LogP contribution in [0.2, 0.25) is 0 Å². The van der Waals surface area contributed by atoms with Crippen LogP contribution in [0.5, 0.6) is 0 Å². The molecule has 0 aromatic heterocycles. The molecule has 2 heterocycles. The lowest BCUT2D eigenvalue weighted by atomic mass is 10.1. The van der Waals surface area contributed by atoms with Crippen LogP contribution >= 0.6 is 15.9 Å². The number of piperidine rings is 1. The van der Waals surface area contributed by atoms with Gasteiger partial charge in [0.15, 0.2) is 0 Å². The first kappa shape index (κ1) is 21.1. The van der Waals surface area contributed by atoms with Gasteiger partial charge in [0, 0.05) is 35.2 Å². The third-order valence-corrected chi connectivity index (χ3v) is 6.45. The lowest BCUT2D eigenvalue weighted by Crippen LogP contribution is -2.33. The first-order valence-electron chi connectivity index (χ1n) is 10.8. The maximum atomic E-state index is 12.9. The summed E-state index contributed by atoms with van der Waals surface area (Å²) in [5.41, 5.74) is 3.28. The summed E-state index contributed by atoms with van der Waals surface area (Å²) in [4.78, 5) is 29.7. The van der Waals surface area contributed by atoms with Gasteiger partial charge in [0.2, 0.25) is 0 Å². The fraction of sp³-hybridized carbons (Fsp3) is 0.417. The highest BCUT2D eigenvalue weighted by Gasteiger charge is 2.28.